The van der Waals surface area contributed by atoms with Gasteiger partial charge in [0.1, 0.15) is 6.54 Å². The molecule has 1 saturated carbocycles. The van der Waals surface area contributed by atoms with Crippen LogP contribution in [0.4, 0.5) is 0 Å². The number of nitrogens with zero attached hydrogens (tertiary/aromatic N) is 1. The van der Waals surface area contributed by atoms with Gasteiger partial charge in [-0.05, 0) is 19.8 Å². The first kappa shape index (κ1) is 15.2. The molecule has 7 heteroatoms. The average Bonchev–Trinajstić information content (AvgIpc) is 2.78. The first-order valence-corrected chi connectivity index (χ1v) is 7.97. The van der Waals surface area contributed by atoms with E-state index < -0.39 is 11.4 Å². The number of carboxylic acid groups (broad SMARTS) is 1. The minimum Gasteiger partial charge on any atom is -0.481 e. The Morgan fingerprint density at radius 1 is 1.50 bits per heavy atom. The topological polar surface area (TPSA) is 86.7 Å². The Morgan fingerprint density at radius 3 is 2.85 bits per heavy atom. The van der Waals surface area contributed by atoms with E-state index in [0.717, 1.165) is 12.8 Å². The third kappa shape index (κ3) is 3.08. The van der Waals surface area contributed by atoms with E-state index in [2.05, 4.69) is 5.32 Å². The highest BCUT2D eigenvalue weighted by atomic mass is 32.2. The SMILES string of the molecule is CC1(C(=O)O)CCCCC1NC(=O)CN1CSCC1=O. The zero-order valence-corrected chi connectivity index (χ0v) is 12.4. The average molecular weight is 300 g/mol. The molecule has 2 N–H and O–H groups in total. The molecule has 20 heavy (non-hydrogen) atoms. The van der Waals surface area contributed by atoms with Crippen LogP contribution in [-0.2, 0) is 14.4 Å². The second-order valence-corrected chi connectivity index (χ2v) is 6.61. The molecule has 0 aromatic rings. The summed E-state index contributed by atoms with van der Waals surface area (Å²) in [4.78, 5) is 36.4. The molecule has 2 fully saturated rings. The molecule has 2 aliphatic rings. The molecular formula is C13H20N2O4S. The fraction of sp³-hybridized carbons (Fsp3) is 0.769. The van der Waals surface area contributed by atoms with Gasteiger partial charge >= 0.3 is 5.97 Å². The molecule has 0 spiro atoms. The van der Waals surface area contributed by atoms with Crippen LogP contribution in [0.15, 0.2) is 0 Å². The smallest absolute Gasteiger partial charge is 0.311 e. The van der Waals surface area contributed by atoms with E-state index >= 15 is 0 Å². The van der Waals surface area contributed by atoms with Crippen LogP contribution in [0.25, 0.3) is 0 Å². The van der Waals surface area contributed by atoms with E-state index in [4.69, 9.17) is 0 Å². The number of hydrogen-bond donors (Lipinski definition) is 2. The second-order valence-electron chi connectivity index (χ2n) is 5.66. The molecule has 2 rings (SSSR count). The Morgan fingerprint density at radius 2 is 2.25 bits per heavy atom. The highest BCUT2D eigenvalue weighted by Crippen LogP contribution is 2.36. The normalized spacial score (nSPS) is 30.4. The molecule has 2 atom stereocenters. The van der Waals surface area contributed by atoms with Gasteiger partial charge in [0.15, 0.2) is 0 Å². The lowest BCUT2D eigenvalue weighted by Gasteiger charge is -2.38. The first-order valence-electron chi connectivity index (χ1n) is 6.82. The summed E-state index contributed by atoms with van der Waals surface area (Å²) in [7, 11) is 0. The van der Waals surface area contributed by atoms with Crippen LogP contribution in [0.2, 0.25) is 0 Å². The van der Waals surface area contributed by atoms with E-state index in [0.29, 0.717) is 24.5 Å². The van der Waals surface area contributed by atoms with Crippen molar-refractivity contribution in [2.24, 2.45) is 5.41 Å². The fourth-order valence-electron chi connectivity index (χ4n) is 2.77. The molecule has 1 aliphatic heterocycles. The van der Waals surface area contributed by atoms with Crippen molar-refractivity contribution in [1.82, 2.24) is 10.2 Å². The van der Waals surface area contributed by atoms with Crippen molar-refractivity contribution in [3.8, 4) is 0 Å². The molecule has 112 valence electrons. The third-order valence-electron chi connectivity index (χ3n) is 4.19. The molecule has 1 saturated heterocycles. The second kappa shape index (κ2) is 6.03. The summed E-state index contributed by atoms with van der Waals surface area (Å²) in [5.41, 5.74) is -0.905. The number of carbonyl (C=O) groups is 3. The van der Waals surface area contributed by atoms with Crippen LogP contribution in [0, 0.1) is 5.41 Å². The van der Waals surface area contributed by atoms with Gasteiger partial charge in [0.25, 0.3) is 0 Å². The molecule has 0 aromatic carbocycles. The van der Waals surface area contributed by atoms with Crippen molar-refractivity contribution in [3.63, 3.8) is 0 Å². The van der Waals surface area contributed by atoms with E-state index in [1.54, 1.807) is 6.92 Å². The maximum absolute atomic E-state index is 12.0. The predicted octanol–water partition coefficient (Wildman–Crippen LogP) is 0.669. The minimum atomic E-state index is -0.905. The minimum absolute atomic E-state index is 0.0258. The van der Waals surface area contributed by atoms with Crippen molar-refractivity contribution in [1.29, 1.82) is 0 Å². The fourth-order valence-corrected chi connectivity index (χ4v) is 3.68. The lowest BCUT2D eigenvalue weighted by atomic mass is 9.71. The lowest BCUT2D eigenvalue weighted by molar-refractivity contribution is -0.152. The van der Waals surface area contributed by atoms with Gasteiger partial charge in [-0.2, -0.15) is 0 Å². The molecule has 0 aromatic heterocycles. The summed E-state index contributed by atoms with van der Waals surface area (Å²) in [6.45, 7) is 1.72. The van der Waals surface area contributed by atoms with E-state index in [9.17, 15) is 19.5 Å². The van der Waals surface area contributed by atoms with Crippen LogP contribution in [0.5, 0.6) is 0 Å². The Kier molecular flexibility index (Phi) is 4.57. The summed E-state index contributed by atoms with van der Waals surface area (Å²) in [5, 5.41) is 12.2. The number of thioether (sulfide) groups is 1. The largest absolute Gasteiger partial charge is 0.481 e. The van der Waals surface area contributed by atoms with Crippen molar-refractivity contribution >= 4 is 29.5 Å². The van der Waals surface area contributed by atoms with Gasteiger partial charge in [-0.25, -0.2) is 0 Å². The summed E-state index contributed by atoms with van der Waals surface area (Å²) in [6.07, 6.45) is 3.05. The van der Waals surface area contributed by atoms with Gasteiger partial charge in [0.05, 0.1) is 17.0 Å². The summed E-state index contributed by atoms with van der Waals surface area (Å²) >= 11 is 1.49. The number of nitrogens with one attached hydrogen (secondary N) is 1. The van der Waals surface area contributed by atoms with Crippen molar-refractivity contribution in [2.75, 3.05) is 18.2 Å². The molecule has 2 unspecified atom stereocenters. The maximum atomic E-state index is 12.0. The van der Waals surface area contributed by atoms with Gasteiger partial charge in [-0.3, -0.25) is 14.4 Å². The van der Waals surface area contributed by atoms with E-state index in [-0.39, 0.29) is 24.4 Å². The van der Waals surface area contributed by atoms with Crippen LogP contribution in [-0.4, -0.2) is 52.0 Å². The zero-order chi connectivity index (χ0) is 14.8. The van der Waals surface area contributed by atoms with Gasteiger partial charge in [-0.15, -0.1) is 11.8 Å². The maximum Gasteiger partial charge on any atom is 0.311 e. The molecular weight excluding hydrogens is 280 g/mol. The first-order chi connectivity index (χ1) is 9.43. The van der Waals surface area contributed by atoms with Crippen molar-refractivity contribution in [3.05, 3.63) is 0 Å². The summed E-state index contributed by atoms with van der Waals surface area (Å²) in [6, 6.07) is -0.355. The molecule has 1 heterocycles. The highest BCUT2D eigenvalue weighted by Gasteiger charge is 2.44. The Bertz CT molecular complexity index is 429. The number of carboxylic acids is 1. The lowest BCUT2D eigenvalue weighted by Crippen LogP contribution is -2.54. The Labute approximate surface area is 122 Å². The summed E-state index contributed by atoms with van der Waals surface area (Å²) < 4.78 is 0. The summed E-state index contributed by atoms with van der Waals surface area (Å²) in [5.74, 6) is -0.207. The van der Waals surface area contributed by atoms with Crippen LogP contribution in [0.1, 0.15) is 32.6 Å². The zero-order valence-electron chi connectivity index (χ0n) is 11.6. The van der Waals surface area contributed by atoms with E-state index in [1.165, 1.54) is 16.7 Å². The van der Waals surface area contributed by atoms with Gasteiger partial charge in [0, 0.05) is 6.04 Å². The number of hydrogen-bond acceptors (Lipinski definition) is 4. The van der Waals surface area contributed by atoms with Crippen LogP contribution in [0.3, 0.4) is 0 Å². The van der Waals surface area contributed by atoms with Crippen molar-refractivity contribution in [2.45, 2.75) is 38.6 Å². The monoisotopic (exact) mass is 300 g/mol. The Hall–Kier alpha value is -1.24. The van der Waals surface area contributed by atoms with Gasteiger partial charge < -0.3 is 15.3 Å². The predicted molar refractivity (Wildman–Crippen MR) is 75.2 cm³/mol. The number of amides is 2. The van der Waals surface area contributed by atoms with Crippen LogP contribution < -0.4 is 5.32 Å². The number of aliphatic carboxylic acids is 1. The number of rotatable bonds is 4. The van der Waals surface area contributed by atoms with E-state index in [1.807, 2.05) is 0 Å². The van der Waals surface area contributed by atoms with Crippen LogP contribution >= 0.6 is 11.8 Å². The third-order valence-corrected chi connectivity index (χ3v) is 5.14. The molecule has 1 aliphatic carbocycles. The molecule has 2 amide bonds. The van der Waals surface area contributed by atoms with Gasteiger partial charge in [-0.1, -0.05) is 12.8 Å². The quantitative estimate of drug-likeness (QED) is 0.797. The highest BCUT2D eigenvalue weighted by molar-refractivity contribution is 8.00. The van der Waals surface area contributed by atoms with Gasteiger partial charge in [0.2, 0.25) is 11.8 Å². The number of carbonyl (C=O) groups excluding carboxylic acids is 2. The molecule has 6 nitrogen and oxygen atoms in total. The molecule has 0 bridgehead atoms. The van der Waals surface area contributed by atoms with Crippen molar-refractivity contribution < 1.29 is 19.5 Å². The Balaban J connectivity index is 1.95. The standard InChI is InChI=1S/C13H20N2O4S/c1-13(12(18)19)5-3-2-4-9(13)14-10(16)6-15-8-20-7-11(15)17/h9H,2-8H2,1H3,(H,14,16)(H,18,19). The molecule has 0 radical (unpaired) electrons.